The summed E-state index contributed by atoms with van der Waals surface area (Å²) in [6, 6.07) is 0.0939. The molecule has 80 valence electrons. The lowest BCUT2D eigenvalue weighted by Gasteiger charge is -2.14. The Kier molecular flexibility index (Phi) is 3.40. The largest absolute Gasteiger partial charge is 0.354 e. The first-order valence-electron chi connectivity index (χ1n) is 5.87. The molecule has 0 aromatic heterocycles. The van der Waals surface area contributed by atoms with Gasteiger partial charge in [-0.15, -0.1) is 0 Å². The third-order valence-electron chi connectivity index (χ3n) is 3.42. The molecule has 0 bridgehead atoms. The molecule has 3 nitrogen and oxygen atoms in total. The van der Waals surface area contributed by atoms with Crippen LogP contribution in [0.5, 0.6) is 0 Å². The molecule has 1 saturated carbocycles. The van der Waals surface area contributed by atoms with Crippen molar-refractivity contribution < 1.29 is 4.79 Å². The molecular formula is C11H20N2O. The van der Waals surface area contributed by atoms with E-state index in [-0.39, 0.29) is 11.9 Å². The van der Waals surface area contributed by atoms with E-state index in [9.17, 15) is 4.79 Å². The van der Waals surface area contributed by atoms with Crippen LogP contribution in [-0.4, -0.2) is 25.0 Å². The smallest absolute Gasteiger partial charge is 0.237 e. The fraction of sp³-hybridized carbons (Fsp3) is 0.909. The van der Waals surface area contributed by atoms with Crippen molar-refractivity contribution in [1.82, 2.24) is 10.6 Å². The maximum Gasteiger partial charge on any atom is 0.237 e. The van der Waals surface area contributed by atoms with Crippen molar-refractivity contribution in [3.8, 4) is 0 Å². The third kappa shape index (κ3) is 2.47. The second kappa shape index (κ2) is 4.78. The fourth-order valence-corrected chi connectivity index (χ4v) is 2.49. The number of carbonyl (C=O) groups excluding carboxylic acids is 1. The summed E-state index contributed by atoms with van der Waals surface area (Å²) in [5, 5.41) is 6.28. The topological polar surface area (TPSA) is 41.1 Å². The molecule has 0 unspecified atom stereocenters. The Bertz CT molecular complexity index is 193. The SMILES string of the molecule is O=C(NCC1CCCC1)[C@H]1CCCN1. The molecule has 1 aliphatic heterocycles. The normalized spacial score (nSPS) is 28.1. The molecule has 0 aromatic carbocycles. The predicted octanol–water partition coefficient (Wildman–Crippen LogP) is 1.04. The Morgan fingerprint density at radius 1 is 1.21 bits per heavy atom. The van der Waals surface area contributed by atoms with Crippen LogP contribution in [0.1, 0.15) is 38.5 Å². The van der Waals surface area contributed by atoms with Crippen LogP contribution in [0, 0.1) is 5.92 Å². The highest BCUT2D eigenvalue weighted by Crippen LogP contribution is 2.23. The van der Waals surface area contributed by atoms with Crippen LogP contribution >= 0.6 is 0 Å². The van der Waals surface area contributed by atoms with E-state index in [0.29, 0.717) is 0 Å². The van der Waals surface area contributed by atoms with Crippen LogP contribution in [0.3, 0.4) is 0 Å². The average molecular weight is 196 g/mol. The van der Waals surface area contributed by atoms with Crippen molar-refractivity contribution in [2.45, 2.75) is 44.6 Å². The molecule has 2 N–H and O–H groups in total. The standard InChI is InChI=1S/C11H20N2O/c14-11(10-6-3-7-12-10)13-8-9-4-1-2-5-9/h9-10,12H,1-8H2,(H,13,14)/t10-/m1/s1. The van der Waals surface area contributed by atoms with Crippen molar-refractivity contribution >= 4 is 5.91 Å². The highest BCUT2D eigenvalue weighted by atomic mass is 16.2. The lowest BCUT2D eigenvalue weighted by molar-refractivity contribution is -0.122. The van der Waals surface area contributed by atoms with Crippen molar-refractivity contribution in [2.75, 3.05) is 13.1 Å². The minimum Gasteiger partial charge on any atom is -0.354 e. The van der Waals surface area contributed by atoms with Gasteiger partial charge >= 0.3 is 0 Å². The molecule has 2 fully saturated rings. The second-order valence-electron chi connectivity index (χ2n) is 4.54. The van der Waals surface area contributed by atoms with E-state index in [2.05, 4.69) is 10.6 Å². The highest BCUT2D eigenvalue weighted by molar-refractivity contribution is 5.81. The van der Waals surface area contributed by atoms with Gasteiger partial charge in [-0.05, 0) is 38.1 Å². The van der Waals surface area contributed by atoms with E-state index in [0.717, 1.165) is 31.8 Å². The van der Waals surface area contributed by atoms with E-state index in [1.54, 1.807) is 0 Å². The van der Waals surface area contributed by atoms with Crippen molar-refractivity contribution in [1.29, 1.82) is 0 Å². The third-order valence-corrected chi connectivity index (χ3v) is 3.42. The second-order valence-corrected chi connectivity index (χ2v) is 4.54. The van der Waals surface area contributed by atoms with Crippen molar-refractivity contribution in [3.05, 3.63) is 0 Å². The minimum absolute atomic E-state index is 0.0939. The van der Waals surface area contributed by atoms with Crippen molar-refractivity contribution in [3.63, 3.8) is 0 Å². The minimum atomic E-state index is 0.0939. The average Bonchev–Trinajstić information content (AvgIpc) is 2.87. The maximum atomic E-state index is 11.6. The first-order valence-corrected chi connectivity index (χ1v) is 5.87. The predicted molar refractivity (Wildman–Crippen MR) is 56.0 cm³/mol. The van der Waals surface area contributed by atoms with Crippen molar-refractivity contribution in [2.24, 2.45) is 5.92 Å². The molecule has 2 rings (SSSR count). The molecular weight excluding hydrogens is 176 g/mol. The van der Waals surface area contributed by atoms with Crippen LogP contribution < -0.4 is 10.6 Å². The Hall–Kier alpha value is -0.570. The summed E-state index contributed by atoms with van der Waals surface area (Å²) in [5.74, 6) is 0.967. The summed E-state index contributed by atoms with van der Waals surface area (Å²) in [7, 11) is 0. The molecule has 1 aliphatic carbocycles. The molecule has 3 heteroatoms. The van der Waals surface area contributed by atoms with E-state index >= 15 is 0 Å². The molecule has 1 amide bonds. The zero-order chi connectivity index (χ0) is 9.80. The lowest BCUT2D eigenvalue weighted by Crippen LogP contribution is -2.41. The van der Waals surface area contributed by atoms with Crippen LogP contribution in [0.15, 0.2) is 0 Å². The van der Waals surface area contributed by atoms with Gasteiger partial charge < -0.3 is 10.6 Å². The molecule has 2 aliphatic rings. The number of hydrogen-bond donors (Lipinski definition) is 2. The monoisotopic (exact) mass is 196 g/mol. The van der Waals surface area contributed by atoms with Gasteiger partial charge in [0.1, 0.15) is 0 Å². The zero-order valence-electron chi connectivity index (χ0n) is 8.72. The molecule has 0 radical (unpaired) electrons. The summed E-state index contributed by atoms with van der Waals surface area (Å²) in [4.78, 5) is 11.6. The van der Waals surface area contributed by atoms with Gasteiger partial charge in [0.2, 0.25) is 5.91 Å². The fourth-order valence-electron chi connectivity index (χ4n) is 2.49. The molecule has 0 spiro atoms. The van der Waals surface area contributed by atoms with Crippen LogP contribution in [0.2, 0.25) is 0 Å². The van der Waals surface area contributed by atoms with E-state index in [1.807, 2.05) is 0 Å². The molecule has 1 heterocycles. The number of carbonyl (C=O) groups is 1. The first-order chi connectivity index (χ1) is 6.86. The van der Waals surface area contributed by atoms with E-state index in [4.69, 9.17) is 0 Å². The Morgan fingerprint density at radius 2 is 2.00 bits per heavy atom. The molecule has 1 atom stereocenters. The molecule has 1 saturated heterocycles. The van der Waals surface area contributed by atoms with E-state index < -0.39 is 0 Å². The highest BCUT2D eigenvalue weighted by Gasteiger charge is 2.23. The Morgan fingerprint density at radius 3 is 2.64 bits per heavy atom. The number of rotatable bonds is 3. The summed E-state index contributed by atoms with van der Waals surface area (Å²) in [5.41, 5.74) is 0. The van der Waals surface area contributed by atoms with Crippen LogP contribution in [0.25, 0.3) is 0 Å². The van der Waals surface area contributed by atoms with Gasteiger partial charge in [0.05, 0.1) is 6.04 Å². The maximum absolute atomic E-state index is 11.6. The number of hydrogen-bond acceptors (Lipinski definition) is 2. The van der Waals surface area contributed by atoms with Gasteiger partial charge in [-0.2, -0.15) is 0 Å². The van der Waals surface area contributed by atoms with Gasteiger partial charge in [-0.25, -0.2) is 0 Å². The van der Waals surface area contributed by atoms with Gasteiger partial charge in [0.15, 0.2) is 0 Å². The zero-order valence-corrected chi connectivity index (χ0v) is 8.72. The summed E-state index contributed by atoms with van der Waals surface area (Å²) in [6.07, 6.45) is 7.46. The first kappa shape index (κ1) is 9.97. The van der Waals surface area contributed by atoms with Gasteiger partial charge in [-0.1, -0.05) is 12.8 Å². The van der Waals surface area contributed by atoms with E-state index in [1.165, 1.54) is 25.7 Å². The molecule has 0 aromatic rings. The van der Waals surface area contributed by atoms with Gasteiger partial charge in [0, 0.05) is 6.54 Å². The number of amides is 1. The molecule has 14 heavy (non-hydrogen) atoms. The summed E-state index contributed by atoms with van der Waals surface area (Å²) in [6.45, 7) is 1.90. The Balaban J connectivity index is 1.66. The van der Waals surface area contributed by atoms with Gasteiger partial charge in [-0.3, -0.25) is 4.79 Å². The quantitative estimate of drug-likeness (QED) is 0.708. The number of nitrogens with one attached hydrogen (secondary N) is 2. The van der Waals surface area contributed by atoms with Gasteiger partial charge in [0.25, 0.3) is 0 Å². The lowest BCUT2D eigenvalue weighted by atomic mass is 10.1. The Labute approximate surface area is 85.6 Å². The summed E-state index contributed by atoms with van der Waals surface area (Å²) >= 11 is 0. The van der Waals surface area contributed by atoms with Crippen LogP contribution in [-0.2, 0) is 4.79 Å². The summed E-state index contributed by atoms with van der Waals surface area (Å²) < 4.78 is 0. The van der Waals surface area contributed by atoms with Crippen LogP contribution in [0.4, 0.5) is 0 Å².